The molecule has 1 amide bonds. The van der Waals surface area contributed by atoms with Gasteiger partial charge in [-0.15, -0.1) is 0 Å². The predicted molar refractivity (Wildman–Crippen MR) is 88.6 cm³/mol. The molecule has 0 radical (unpaired) electrons. The molecule has 0 bridgehead atoms. The molecule has 2 rings (SSSR count). The van der Waals surface area contributed by atoms with Crippen molar-refractivity contribution in [1.82, 2.24) is 4.90 Å². The standard InChI is InChI=1S/C18H28N2O2/c1-3-13-22-16-5-4-11-20(12-10-16)18(21)17(19)15-8-6-14(2)7-9-15/h6-9,16-17H,3-5,10-13,19H2,1-2H3. The van der Waals surface area contributed by atoms with Crippen molar-refractivity contribution in [2.45, 2.75) is 51.7 Å². The van der Waals surface area contributed by atoms with Crippen molar-refractivity contribution >= 4 is 5.91 Å². The smallest absolute Gasteiger partial charge is 0.244 e. The van der Waals surface area contributed by atoms with Gasteiger partial charge in [0.15, 0.2) is 0 Å². The molecule has 1 aliphatic rings. The number of likely N-dealkylation sites (tertiary alicyclic amines) is 1. The van der Waals surface area contributed by atoms with Crippen LogP contribution in [-0.4, -0.2) is 36.6 Å². The molecule has 0 aromatic heterocycles. The molecule has 4 heteroatoms. The average Bonchev–Trinajstić information content (AvgIpc) is 2.78. The van der Waals surface area contributed by atoms with E-state index >= 15 is 0 Å². The van der Waals surface area contributed by atoms with Crippen molar-refractivity contribution in [3.8, 4) is 0 Å². The van der Waals surface area contributed by atoms with Gasteiger partial charge in [0.1, 0.15) is 6.04 Å². The Kier molecular flexibility index (Phi) is 6.40. The molecule has 2 unspecified atom stereocenters. The third kappa shape index (κ3) is 4.55. The molecule has 1 aliphatic heterocycles. The van der Waals surface area contributed by atoms with E-state index in [0.29, 0.717) is 0 Å². The number of nitrogens with two attached hydrogens (primary N) is 1. The SMILES string of the molecule is CCCOC1CCCN(C(=O)C(N)c2ccc(C)cc2)CC1. The molecule has 2 N–H and O–H groups in total. The number of amides is 1. The first kappa shape index (κ1) is 17.0. The monoisotopic (exact) mass is 304 g/mol. The summed E-state index contributed by atoms with van der Waals surface area (Å²) in [6.07, 6.45) is 4.25. The quantitative estimate of drug-likeness (QED) is 0.910. The normalized spacial score (nSPS) is 20.5. The highest BCUT2D eigenvalue weighted by Gasteiger charge is 2.25. The predicted octanol–water partition coefficient (Wildman–Crippen LogP) is 2.80. The van der Waals surface area contributed by atoms with Crippen LogP contribution in [0.5, 0.6) is 0 Å². The zero-order chi connectivity index (χ0) is 15.9. The molecule has 1 saturated heterocycles. The largest absolute Gasteiger partial charge is 0.378 e. The highest BCUT2D eigenvalue weighted by Crippen LogP contribution is 2.19. The van der Waals surface area contributed by atoms with E-state index in [2.05, 4.69) is 6.92 Å². The van der Waals surface area contributed by atoms with Crippen LogP contribution in [0, 0.1) is 6.92 Å². The zero-order valence-electron chi connectivity index (χ0n) is 13.8. The second-order valence-electron chi connectivity index (χ2n) is 6.14. The van der Waals surface area contributed by atoms with E-state index in [-0.39, 0.29) is 12.0 Å². The molecule has 1 aromatic rings. The Morgan fingerprint density at radius 2 is 2.05 bits per heavy atom. The van der Waals surface area contributed by atoms with Crippen LogP contribution in [-0.2, 0) is 9.53 Å². The van der Waals surface area contributed by atoms with Crippen LogP contribution in [0.4, 0.5) is 0 Å². The number of carbonyl (C=O) groups excluding carboxylic acids is 1. The van der Waals surface area contributed by atoms with E-state index in [9.17, 15) is 4.79 Å². The Morgan fingerprint density at radius 1 is 1.32 bits per heavy atom. The van der Waals surface area contributed by atoms with Gasteiger partial charge in [-0.3, -0.25) is 4.79 Å². The summed E-state index contributed by atoms with van der Waals surface area (Å²) in [5.74, 6) is 0.0278. The average molecular weight is 304 g/mol. The molecule has 0 spiro atoms. The lowest BCUT2D eigenvalue weighted by Gasteiger charge is -2.24. The van der Waals surface area contributed by atoms with Crippen LogP contribution < -0.4 is 5.73 Å². The van der Waals surface area contributed by atoms with Crippen molar-refractivity contribution in [3.63, 3.8) is 0 Å². The van der Waals surface area contributed by atoms with Gasteiger partial charge in [0.05, 0.1) is 6.10 Å². The molecule has 122 valence electrons. The summed E-state index contributed by atoms with van der Waals surface area (Å²) in [6, 6.07) is 7.33. The van der Waals surface area contributed by atoms with Gasteiger partial charge in [0.25, 0.3) is 0 Å². The maximum absolute atomic E-state index is 12.6. The minimum Gasteiger partial charge on any atom is -0.378 e. The van der Waals surface area contributed by atoms with Crippen LogP contribution in [0.25, 0.3) is 0 Å². The maximum atomic E-state index is 12.6. The van der Waals surface area contributed by atoms with E-state index in [4.69, 9.17) is 10.5 Å². The highest BCUT2D eigenvalue weighted by atomic mass is 16.5. The van der Waals surface area contributed by atoms with Gasteiger partial charge in [-0.05, 0) is 38.2 Å². The van der Waals surface area contributed by atoms with E-state index < -0.39 is 6.04 Å². The fraction of sp³-hybridized carbons (Fsp3) is 0.611. The van der Waals surface area contributed by atoms with Gasteiger partial charge < -0.3 is 15.4 Å². The fourth-order valence-electron chi connectivity index (χ4n) is 2.85. The van der Waals surface area contributed by atoms with Crippen molar-refractivity contribution in [1.29, 1.82) is 0 Å². The Labute approximate surface area is 133 Å². The van der Waals surface area contributed by atoms with Crippen molar-refractivity contribution in [2.75, 3.05) is 19.7 Å². The lowest BCUT2D eigenvalue weighted by molar-refractivity contribution is -0.132. The van der Waals surface area contributed by atoms with Gasteiger partial charge in [0.2, 0.25) is 5.91 Å². The van der Waals surface area contributed by atoms with Crippen molar-refractivity contribution in [3.05, 3.63) is 35.4 Å². The summed E-state index contributed by atoms with van der Waals surface area (Å²) >= 11 is 0. The van der Waals surface area contributed by atoms with Crippen LogP contribution >= 0.6 is 0 Å². The van der Waals surface area contributed by atoms with Crippen LogP contribution in [0.3, 0.4) is 0 Å². The number of ether oxygens (including phenoxy) is 1. The Balaban J connectivity index is 1.93. The zero-order valence-corrected chi connectivity index (χ0v) is 13.8. The van der Waals surface area contributed by atoms with Crippen molar-refractivity contribution < 1.29 is 9.53 Å². The Bertz CT molecular complexity index is 472. The summed E-state index contributed by atoms with van der Waals surface area (Å²) in [5, 5.41) is 0. The third-order valence-corrected chi connectivity index (χ3v) is 4.25. The van der Waals surface area contributed by atoms with E-state index in [1.807, 2.05) is 36.1 Å². The van der Waals surface area contributed by atoms with Gasteiger partial charge in [-0.1, -0.05) is 36.8 Å². The highest BCUT2D eigenvalue weighted by molar-refractivity contribution is 5.83. The first-order valence-electron chi connectivity index (χ1n) is 8.34. The molecule has 22 heavy (non-hydrogen) atoms. The summed E-state index contributed by atoms with van der Waals surface area (Å²) < 4.78 is 5.83. The second kappa shape index (κ2) is 8.30. The van der Waals surface area contributed by atoms with Crippen molar-refractivity contribution in [2.24, 2.45) is 5.73 Å². The number of aryl methyl sites for hydroxylation is 1. The van der Waals surface area contributed by atoms with Gasteiger partial charge >= 0.3 is 0 Å². The lowest BCUT2D eigenvalue weighted by atomic mass is 10.0. The molecule has 0 saturated carbocycles. The van der Waals surface area contributed by atoms with Gasteiger partial charge in [-0.25, -0.2) is 0 Å². The number of hydrogen-bond donors (Lipinski definition) is 1. The maximum Gasteiger partial charge on any atom is 0.244 e. The topological polar surface area (TPSA) is 55.6 Å². The summed E-state index contributed by atoms with van der Waals surface area (Å²) in [4.78, 5) is 14.5. The fourth-order valence-corrected chi connectivity index (χ4v) is 2.85. The summed E-state index contributed by atoms with van der Waals surface area (Å²) in [6.45, 7) is 6.48. The van der Waals surface area contributed by atoms with Crippen LogP contribution in [0.15, 0.2) is 24.3 Å². The first-order chi connectivity index (χ1) is 10.6. The third-order valence-electron chi connectivity index (χ3n) is 4.25. The molecule has 1 fully saturated rings. The molecule has 0 aliphatic carbocycles. The number of hydrogen-bond acceptors (Lipinski definition) is 3. The molecule has 2 atom stereocenters. The van der Waals surface area contributed by atoms with E-state index in [0.717, 1.165) is 50.9 Å². The molecule has 4 nitrogen and oxygen atoms in total. The Morgan fingerprint density at radius 3 is 2.73 bits per heavy atom. The molecular weight excluding hydrogens is 276 g/mol. The van der Waals surface area contributed by atoms with E-state index in [1.165, 1.54) is 5.56 Å². The minimum absolute atomic E-state index is 0.0278. The van der Waals surface area contributed by atoms with Crippen LogP contribution in [0.1, 0.15) is 49.8 Å². The minimum atomic E-state index is -0.561. The first-order valence-corrected chi connectivity index (χ1v) is 8.34. The number of benzene rings is 1. The van der Waals surface area contributed by atoms with Gasteiger partial charge in [0, 0.05) is 19.7 Å². The summed E-state index contributed by atoms with van der Waals surface area (Å²) in [7, 11) is 0. The van der Waals surface area contributed by atoms with Crippen LogP contribution in [0.2, 0.25) is 0 Å². The molecular formula is C18H28N2O2. The second-order valence-corrected chi connectivity index (χ2v) is 6.14. The number of rotatable bonds is 5. The molecule has 1 aromatic carbocycles. The number of carbonyl (C=O) groups is 1. The molecule has 1 heterocycles. The number of nitrogens with zero attached hydrogens (tertiary/aromatic N) is 1. The Hall–Kier alpha value is -1.39. The van der Waals surface area contributed by atoms with Gasteiger partial charge in [-0.2, -0.15) is 0 Å². The van der Waals surface area contributed by atoms with E-state index in [1.54, 1.807) is 0 Å². The lowest BCUT2D eigenvalue weighted by Crippen LogP contribution is -2.39. The summed E-state index contributed by atoms with van der Waals surface area (Å²) in [5.41, 5.74) is 8.23.